The van der Waals surface area contributed by atoms with E-state index in [9.17, 15) is 5.11 Å². The second-order valence-corrected chi connectivity index (χ2v) is 4.68. The van der Waals surface area contributed by atoms with Crippen LogP contribution < -0.4 is 5.32 Å². The lowest BCUT2D eigenvalue weighted by molar-refractivity contribution is 0.241. The van der Waals surface area contributed by atoms with Crippen LogP contribution in [0.2, 0.25) is 0 Å². The fraction of sp³-hybridized carbons (Fsp3) is 0.400. The summed E-state index contributed by atoms with van der Waals surface area (Å²) in [5.41, 5.74) is 1.25. The summed E-state index contributed by atoms with van der Waals surface area (Å²) in [5, 5.41) is 12.8. The molecule has 0 saturated carbocycles. The van der Waals surface area contributed by atoms with Gasteiger partial charge >= 0.3 is 0 Å². The van der Waals surface area contributed by atoms with Crippen molar-refractivity contribution in [3.63, 3.8) is 0 Å². The topological polar surface area (TPSA) is 50.1 Å². The second kappa shape index (κ2) is 7.71. The predicted molar refractivity (Wildman–Crippen MR) is 75.9 cm³/mol. The molecule has 19 heavy (non-hydrogen) atoms. The Balaban J connectivity index is 1.68. The maximum absolute atomic E-state index is 9.39. The minimum atomic E-state index is 0.130. The molecule has 2 N–H and O–H groups in total. The third-order valence-electron chi connectivity index (χ3n) is 3.13. The van der Waals surface area contributed by atoms with Gasteiger partial charge in [-0.2, -0.15) is 0 Å². The highest BCUT2D eigenvalue weighted by atomic mass is 16.3. The van der Waals surface area contributed by atoms with Gasteiger partial charge in [0.15, 0.2) is 0 Å². The van der Waals surface area contributed by atoms with Gasteiger partial charge in [0.25, 0.3) is 0 Å². The summed E-state index contributed by atoms with van der Waals surface area (Å²) in [5.74, 6) is 0. The molecule has 0 radical (unpaired) electrons. The number of aromatic nitrogens is 2. The standard InChI is InChI=1S/C15H21N3O/c19-12-15(11-14-5-2-1-3-6-14)17-7-4-9-18-10-8-16-13-18/h1-3,5-6,8,10,13,15,17,19H,4,7,9,11-12H2. The van der Waals surface area contributed by atoms with Crippen molar-refractivity contribution in [3.8, 4) is 0 Å². The molecular formula is C15H21N3O. The average Bonchev–Trinajstić information content (AvgIpc) is 2.96. The minimum absolute atomic E-state index is 0.130. The van der Waals surface area contributed by atoms with Crippen LogP contribution in [0.1, 0.15) is 12.0 Å². The first kappa shape index (κ1) is 13.8. The van der Waals surface area contributed by atoms with Crippen LogP contribution in [0, 0.1) is 0 Å². The number of aryl methyl sites for hydroxylation is 1. The first-order valence-corrected chi connectivity index (χ1v) is 6.72. The van der Waals surface area contributed by atoms with Crippen LogP contribution in [-0.4, -0.2) is 33.9 Å². The lowest BCUT2D eigenvalue weighted by Gasteiger charge is -2.16. The fourth-order valence-corrected chi connectivity index (χ4v) is 2.09. The zero-order valence-corrected chi connectivity index (χ0v) is 11.1. The van der Waals surface area contributed by atoms with Crippen molar-refractivity contribution in [2.45, 2.75) is 25.4 Å². The SMILES string of the molecule is OCC(Cc1ccccc1)NCCCn1ccnc1. The van der Waals surface area contributed by atoms with E-state index in [1.165, 1.54) is 5.56 Å². The molecule has 0 bridgehead atoms. The molecule has 102 valence electrons. The molecule has 1 heterocycles. The Morgan fingerprint density at radius 2 is 2.11 bits per heavy atom. The van der Waals surface area contributed by atoms with E-state index in [1.807, 2.05) is 30.7 Å². The normalized spacial score (nSPS) is 12.5. The molecule has 2 rings (SSSR count). The smallest absolute Gasteiger partial charge is 0.0945 e. The molecule has 0 aliphatic heterocycles. The highest BCUT2D eigenvalue weighted by Gasteiger charge is 2.06. The number of hydrogen-bond acceptors (Lipinski definition) is 3. The molecular weight excluding hydrogens is 238 g/mol. The molecule has 0 spiro atoms. The summed E-state index contributed by atoms with van der Waals surface area (Å²) in [6.45, 7) is 2.02. The van der Waals surface area contributed by atoms with Crippen LogP contribution in [0.25, 0.3) is 0 Å². The number of hydrogen-bond donors (Lipinski definition) is 2. The Bertz CT molecular complexity index is 442. The van der Waals surface area contributed by atoms with E-state index >= 15 is 0 Å². The van der Waals surface area contributed by atoms with Crippen molar-refractivity contribution in [2.24, 2.45) is 0 Å². The summed E-state index contributed by atoms with van der Waals surface area (Å²) < 4.78 is 2.06. The fourth-order valence-electron chi connectivity index (χ4n) is 2.09. The molecule has 0 amide bonds. The lowest BCUT2D eigenvalue weighted by Crippen LogP contribution is -2.35. The third-order valence-corrected chi connectivity index (χ3v) is 3.13. The number of aliphatic hydroxyl groups excluding tert-OH is 1. The van der Waals surface area contributed by atoms with Crippen molar-refractivity contribution in [3.05, 3.63) is 54.6 Å². The Kier molecular flexibility index (Phi) is 5.59. The molecule has 0 fully saturated rings. The molecule has 2 aromatic rings. The molecule has 1 atom stereocenters. The molecule has 0 aliphatic rings. The van der Waals surface area contributed by atoms with Crippen LogP contribution in [0.5, 0.6) is 0 Å². The van der Waals surface area contributed by atoms with Gasteiger partial charge in [-0.1, -0.05) is 30.3 Å². The molecule has 1 aromatic carbocycles. The summed E-state index contributed by atoms with van der Waals surface area (Å²) in [7, 11) is 0. The van der Waals surface area contributed by atoms with Crippen LogP contribution in [0.4, 0.5) is 0 Å². The van der Waals surface area contributed by atoms with E-state index in [0.29, 0.717) is 0 Å². The number of nitrogens with zero attached hydrogens (tertiary/aromatic N) is 2. The number of nitrogens with one attached hydrogen (secondary N) is 1. The Hall–Kier alpha value is -1.65. The summed E-state index contributed by atoms with van der Waals surface area (Å²) in [4.78, 5) is 4.01. The maximum atomic E-state index is 9.39. The first-order valence-electron chi connectivity index (χ1n) is 6.72. The molecule has 0 saturated heterocycles. The lowest BCUT2D eigenvalue weighted by atomic mass is 10.1. The van der Waals surface area contributed by atoms with Crippen LogP contribution >= 0.6 is 0 Å². The third kappa shape index (κ3) is 4.85. The highest BCUT2D eigenvalue weighted by Crippen LogP contribution is 2.03. The average molecular weight is 259 g/mol. The molecule has 0 aliphatic carbocycles. The van der Waals surface area contributed by atoms with Gasteiger partial charge < -0.3 is 15.0 Å². The summed E-state index contributed by atoms with van der Waals surface area (Å²) >= 11 is 0. The van der Waals surface area contributed by atoms with Crippen molar-refractivity contribution in [1.82, 2.24) is 14.9 Å². The predicted octanol–water partition coefficient (Wildman–Crippen LogP) is 1.47. The Morgan fingerprint density at radius 1 is 1.26 bits per heavy atom. The van der Waals surface area contributed by atoms with E-state index in [0.717, 1.165) is 25.9 Å². The van der Waals surface area contributed by atoms with Gasteiger partial charge in [-0.25, -0.2) is 4.98 Å². The maximum Gasteiger partial charge on any atom is 0.0945 e. The van der Waals surface area contributed by atoms with Crippen LogP contribution in [0.15, 0.2) is 49.1 Å². The zero-order valence-electron chi connectivity index (χ0n) is 11.1. The van der Waals surface area contributed by atoms with E-state index in [1.54, 1.807) is 6.20 Å². The number of aliphatic hydroxyl groups is 1. The summed E-state index contributed by atoms with van der Waals surface area (Å²) in [6.07, 6.45) is 7.48. The molecule has 4 nitrogen and oxygen atoms in total. The van der Waals surface area contributed by atoms with Gasteiger partial charge in [0.1, 0.15) is 0 Å². The molecule has 1 aromatic heterocycles. The van der Waals surface area contributed by atoms with E-state index < -0.39 is 0 Å². The molecule has 4 heteroatoms. The number of imidazole rings is 1. The van der Waals surface area contributed by atoms with Crippen LogP contribution in [-0.2, 0) is 13.0 Å². The van der Waals surface area contributed by atoms with Gasteiger partial charge in [-0.05, 0) is 24.9 Å². The monoisotopic (exact) mass is 259 g/mol. The Labute approximate surface area is 114 Å². The van der Waals surface area contributed by atoms with Crippen molar-refractivity contribution in [2.75, 3.05) is 13.2 Å². The molecule has 1 unspecified atom stereocenters. The van der Waals surface area contributed by atoms with Gasteiger partial charge in [0.05, 0.1) is 12.9 Å². The summed E-state index contributed by atoms with van der Waals surface area (Å²) in [6, 6.07) is 10.4. The van der Waals surface area contributed by atoms with Gasteiger partial charge in [-0.15, -0.1) is 0 Å². The largest absolute Gasteiger partial charge is 0.395 e. The number of rotatable bonds is 8. The van der Waals surface area contributed by atoms with Crippen LogP contribution in [0.3, 0.4) is 0 Å². The van der Waals surface area contributed by atoms with E-state index in [2.05, 4.69) is 27.0 Å². The van der Waals surface area contributed by atoms with Crippen molar-refractivity contribution in [1.29, 1.82) is 0 Å². The van der Waals surface area contributed by atoms with Crippen molar-refractivity contribution >= 4 is 0 Å². The second-order valence-electron chi connectivity index (χ2n) is 4.68. The van der Waals surface area contributed by atoms with E-state index in [-0.39, 0.29) is 12.6 Å². The van der Waals surface area contributed by atoms with Crippen molar-refractivity contribution < 1.29 is 5.11 Å². The van der Waals surface area contributed by atoms with Gasteiger partial charge in [0.2, 0.25) is 0 Å². The Morgan fingerprint density at radius 3 is 2.79 bits per heavy atom. The first-order chi connectivity index (χ1) is 9.38. The van der Waals surface area contributed by atoms with Gasteiger partial charge in [-0.3, -0.25) is 0 Å². The van der Waals surface area contributed by atoms with E-state index in [4.69, 9.17) is 0 Å². The minimum Gasteiger partial charge on any atom is -0.395 e. The highest BCUT2D eigenvalue weighted by molar-refractivity contribution is 5.15. The quantitative estimate of drug-likeness (QED) is 0.706. The zero-order chi connectivity index (χ0) is 13.3. The number of benzene rings is 1. The van der Waals surface area contributed by atoms with Gasteiger partial charge in [0, 0.05) is 25.0 Å².